The van der Waals surface area contributed by atoms with Gasteiger partial charge in [-0.25, -0.2) is 0 Å². The molecule has 3 aromatic rings. The molecule has 2 heterocycles. The van der Waals surface area contributed by atoms with E-state index < -0.39 is 0 Å². The number of nitrogens with zero attached hydrogens (tertiary/aromatic N) is 3. The van der Waals surface area contributed by atoms with Crippen LogP contribution < -0.4 is 5.32 Å². The van der Waals surface area contributed by atoms with Crippen molar-refractivity contribution in [2.75, 3.05) is 13.1 Å². The molecule has 0 saturated carbocycles. The first-order valence-electron chi connectivity index (χ1n) is 10.1. The molecule has 4 rings (SSSR count). The zero-order chi connectivity index (χ0) is 20.1. The van der Waals surface area contributed by atoms with Crippen molar-refractivity contribution in [1.29, 1.82) is 0 Å². The SMILES string of the molecule is C[C@H]1CCCN(Cc2ccc(C(=O)NCc3nc(-c4ccccc4)no3)cc2)C1. The van der Waals surface area contributed by atoms with Gasteiger partial charge in [-0.2, -0.15) is 4.98 Å². The van der Waals surface area contributed by atoms with Crippen LogP contribution in [0.15, 0.2) is 59.1 Å². The smallest absolute Gasteiger partial charge is 0.251 e. The van der Waals surface area contributed by atoms with Crippen LogP contribution in [0.3, 0.4) is 0 Å². The Bertz CT molecular complexity index is 937. The number of carbonyl (C=O) groups excluding carboxylic acids is 1. The number of piperidine rings is 1. The van der Waals surface area contributed by atoms with Gasteiger partial charge in [0.25, 0.3) is 5.91 Å². The van der Waals surface area contributed by atoms with Crippen LogP contribution in [0, 0.1) is 5.92 Å². The zero-order valence-electron chi connectivity index (χ0n) is 16.7. The molecule has 0 radical (unpaired) electrons. The van der Waals surface area contributed by atoms with Crippen molar-refractivity contribution in [3.63, 3.8) is 0 Å². The molecule has 0 bridgehead atoms. The first-order chi connectivity index (χ1) is 14.2. The van der Waals surface area contributed by atoms with Crippen molar-refractivity contribution >= 4 is 5.91 Å². The molecular weight excluding hydrogens is 364 g/mol. The van der Waals surface area contributed by atoms with Gasteiger partial charge in [-0.15, -0.1) is 0 Å². The van der Waals surface area contributed by atoms with Crippen molar-refractivity contribution in [1.82, 2.24) is 20.4 Å². The molecule has 29 heavy (non-hydrogen) atoms. The van der Waals surface area contributed by atoms with Gasteiger partial charge in [-0.3, -0.25) is 9.69 Å². The standard InChI is InChI=1S/C23H26N4O2/c1-17-6-5-13-27(15-17)16-18-9-11-20(12-10-18)23(28)24-14-21-25-22(26-29-21)19-7-3-2-4-8-19/h2-4,7-12,17H,5-6,13-16H2,1H3,(H,24,28)/t17-/m0/s1. The maximum absolute atomic E-state index is 12.4. The molecule has 6 nitrogen and oxygen atoms in total. The summed E-state index contributed by atoms with van der Waals surface area (Å²) in [5.74, 6) is 1.52. The summed E-state index contributed by atoms with van der Waals surface area (Å²) in [5, 5.41) is 6.81. The highest BCUT2D eigenvalue weighted by Gasteiger charge is 2.16. The summed E-state index contributed by atoms with van der Waals surface area (Å²) in [6.45, 7) is 5.76. The minimum absolute atomic E-state index is 0.150. The summed E-state index contributed by atoms with van der Waals surface area (Å²) < 4.78 is 5.24. The molecule has 1 saturated heterocycles. The molecule has 1 aliphatic heterocycles. The van der Waals surface area contributed by atoms with Gasteiger partial charge >= 0.3 is 0 Å². The van der Waals surface area contributed by atoms with E-state index in [-0.39, 0.29) is 12.5 Å². The molecule has 0 spiro atoms. The number of nitrogens with one attached hydrogen (secondary N) is 1. The molecule has 6 heteroatoms. The van der Waals surface area contributed by atoms with Crippen LogP contribution in [-0.2, 0) is 13.1 Å². The van der Waals surface area contributed by atoms with E-state index in [4.69, 9.17) is 4.52 Å². The van der Waals surface area contributed by atoms with Gasteiger partial charge in [-0.1, -0.05) is 54.5 Å². The molecule has 1 amide bonds. The lowest BCUT2D eigenvalue weighted by atomic mass is 9.99. The van der Waals surface area contributed by atoms with Gasteiger partial charge < -0.3 is 9.84 Å². The van der Waals surface area contributed by atoms with Crippen LogP contribution in [0.25, 0.3) is 11.4 Å². The minimum atomic E-state index is -0.150. The van der Waals surface area contributed by atoms with Crippen molar-refractivity contribution in [2.45, 2.75) is 32.9 Å². The second-order valence-corrected chi connectivity index (χ2v) is 7.74. The van der Waals surface area contributed by atoms with Gasteiger partial charge in [0.15, 0.2) is 0 Å². The Hall–Kier alpha value is -2.99. The topological polar surface area (TPSA) is 71.3 Å². The third-order valence-electron chi connectivity index (χ3n) is 5.26. The highest BCUT2D eigenvalue weighted by atomic mass is 16.5. The number of hydrogen-bond acceptors (Lipinski definition) is 5. The van der Waals surface area contributed by atoms with Crippen LogP contribution in [0.2, 0.25) is 0 Å². The van der Waals surface area contributed by atoms with E-state index in [1.807, 2.05) is 54.6 Å². The summed E-state index contributed by atoms with van der Waals surface area (Å²) in [4.78, 5) is 19.3. The molecule has 1 fully saturated rings. The predicted molar refractivity (Wildman–Crippen MR) is 111 cm³/mol. The first kappa shape index (κ1) is 19.3. The van der Waals surface area contributed by atoms with Crippen LogP contribution in [0.1, 0.15) is 41.6 Å². The lowest BCUT2D eigenvalue weighted by Crippen LogP contribution is -2.33. The minimum Gasteiger partial charge on any atom is -0.343 e. The Labute approximate surface area is 170 Å². The van der Waals surface area contributed by atoms with Crippen molar-refractivity contribution < 1.29 is 9.32 Å². The van der Waals surface area contributed by atoms with E-state index in [0.29, 0.717) is 17.3 Å². The number of carbonyl (C=O) groups is 1. The Morgan fingerprint density at radius 3 is 2.72 bits per heavy atom. The third kappa shape index (κ3) is 5.09. The van der Waals surface area contributed by atoms with Crippen LogP contribution in [0.4, 0.5) is 0 Å². The fraction of sp³-hybridized carbons (Fsp3) is 0.348. The average Bonchev–Trinajstić information content (AvgIpc) is 3.22. The second kappa shape index (κ2) is 9.01. The fourth-order valence-corrected chi connectivity index (χ4v) is 3.74. The van der Waals surface area contributed by atoms with E-state index in [1.165, 1.54) is 18.4 Å². The maximum atomic E-state index is 12.4. The number of amides is 1. The first-order valence-corrected chi connectivity index (χ1v) is 10.1. The van der Waals surface area contributed by atoms with E-state index in [9.17, 15) is 4.79 Å². The van der Waals surface area contributed by atoms with Crippen LogP contribution >= 0.6 is 0 Å². The monoisotopic (exact) mass is 390 g/mol. The van der Waals surface area contributed by atoms with E-state index in [0.717, 1.165) is 31.1 Å². The summed E-state index contributed by atoms with van der Waals surface area (Å²) >= 11 is 0. The largest absolute Gasteiger partial charge is 0.343 e. The molecule has 0 aliphatic carbocycles. The van der Waals surface area contributed by atoms with Gasteiger partial charge in [0.2, 0.25) is 11.7 Å². The highest BCUT2D eigenvalue weighted by Crippen LogP contribution is 2.18. The number of rotatable bonds is 6. The molecule has 2 aromatic carbocycles. The zero-order valence-corrected chi connectivity index (χ0v) is 16.7. The lowest BCUT2D eigenvalue weighted by molar-refractivity contribution is 0.0946. The van der Waals surface area contributed by atoms with E-state index in [1.54, 1.807) is 0 Å². The van der Waals surface area contributed by atoms with E-state index in [2.05, 4.69) is 27.3 Å². The highest BCUT2D eigenvalue weighted by molar-refractivity contribution is 5.94. The predicted octanol–water partition coefficient (Wildman–Crippen LogP) is 3.90. The Kier molecular flexibility index (Phi) is 6.00. The van der Waals surface area contributed by atoms with Gasteiger partial charge in [0.1, 0.15) is 0 Å². The second-order valence-electron chi connectivity index (χ2n) is 7.74. The van der Waals surface area contributed by atoms with Gasteiger partial charge in [0, 0.05) is 24.2 Å². The average molecular weight is 390 g/mol. The number of benzene rings is 2. The summed E-state index contributed by atoms with van der Waals surface area (Å²) in [7, 11) is 0. The Morgan fingerprint density at radius 2 is 1.97 bits per heavy atom. The fourth-order valence-electron chi connectivity index (χ4n) is 3.74. The van der Waals surface area contributed by atoms with Crippen molar-refractivity contribution in [3.8, 4) is 11.4 Å². The number of aromatic nitrogens is 2. The molecular formula is C23H26N4O2. The number of likely N-dealkylation sites (tertiary alicyclic amines) is 1. The van der Waals surface area contributed by atoms with Gasteiger partial charge in [-0.05, 0) is 43.0 Å². The molecule has 0 unspecified atom stereocenters. The third-order valence-corrected chi connectivity index (χ3v) is 5.26. The molecule has 150 valence electrons. The molecule has 1 N–H and O–H groups in total. The van der Waals surface area contributed by atoms with Crippen LogP contribution in [0.5, 0.6) is 0 Å². The Balaban J connectivity index is 1.30. The lowest BCUT2D eigenvalue weighted by Gasteiger charge is -2.30. The molecule has 1 atom stereocenters. The molecule has 1 aliphatic rings. The normalized spacial score (nSPS) is 17.2. The van der Waals surface area contributed by atoms with Crippen LogP contribution in [-0.4, -0.2) is 34.0 Å². The maximum Gasteiger partial charge on any atom is 0.251 e. The van der Waals surface area contributed by atoms with Crippen molar-refractivity contribution in [2.24, 2.45) is 5.92 Å². The summed E-state index contributed by atoms with van der Waals surface area (Å²) in [6.07, 6.45) is 2.59. The Morgan fingerprint density at radius 1 is 1.17 bits per heavy atom. The summed E-state index contributed by atoms with van der Waals surface area (Å²) in [5.41, 5.74) is 2.75. The summed E-state index contributed by atoms with van der Waals surface area (Å²) in [6, 6.07) is 17.4. The van der Waals surface area contributed by atoms with Gasteiger partial charge in [0.05, 0.1) is 6.54 Å². The van der Waals surface area contributed by atoms with E-state index >= 15 is 0 Å². The number of hydrogen-bond donors (Lipinski definition) is 1. The quantitative estimate of drug-likeness (QED) is 0.691. The molecule has 1 aromatic heterocycles. The van der Waals surface area contributed by atoms with Crippen molar-refractivity contribution in [3.05, 3.63) is 71.6 Å².